The van der Waals surface area contributed by atoms with Crippen molar-refractivity contribution in [3.63, 3.8) is 0 Å². The maximum absolute atomic E-state index is 13.6. The number of hydrogen-bond donors (Lipinski definition) is 1. The van der Waals surface area contributed by atoms with Gasteiger partial charge in [0.05, 0.1) is 11.6 Å². The van der Waals surface area contributed by atoms with Crippen LogP contribution in [-0.2, 0) is 0 Å². The number of nitrogens with zero attached hydrogens (tertiary/aromatic N) is 2. The van der Waals surface area contributed by atoms with Gasteiger partial charge in [-0.1, -0.05) is 0 Å². The number of benzene rings is 1. The monoisotopic (exact) mass is 239 g/mol. The third kappa shape index (κ3) is 1.19. The quantitative estimate of drug-likeness (QED) is 0.605. The first-order valence-electron chi connectivity index (χ1n) is 4.63. The van der Waals surface area contributed by atoms with Crippen molar-refractivity contribution in [3.8, 4) is 0 Å². The number of fused-ring (bicyclic) bond motifs is 3. The van der Waals surface area contributed by atoms with Crippen molar-refractivity contribution in [2.75, 3.05) is 0 Å². The van der Waals surface area contributed by atoms with Gasteiger partial charge < -0.3 is 4.98 Å². The fourth-order valence-corrected chi connectivity index (χ4v) is 1.73. The molecule has 0 atom stereocenters. The summed E-state index contributed by atoms with van der Waals surface area (Å²) in [6.45, 7) is 0. The molecule has 3 aromatic rings. The molecule has 0 fully saturated rings. The molecule has 86 valence electrons. The summed E-state index contributed by atoms with van der Waals surface area (Å²) in [6, 6.07) is 2.06. The third-order valence-electron chi connectivity index (χ3n) is 2.48. The molecule has 0 spiro atoms. The van der Waals surface area contributed by atoms with Gasteiger partial charge in [0.1, 0.15) is 11.2 Å². The van der Waals surface area contributed by atoms with Gasteiger partial charge in [0.25, 0.3) is 5.56 Å². The number of H-pyrrole nitrogens is 1. The first-order chi connectivity index (χ1) is 8.09. The molecule has 1 aromatic carbocycles. The number of rotatable bonds is 0. The van der Waals surface area contributed by atoms with Crippen LogP contribution in [0.5, 0.6) is 0 Å². The zero-order chi connectivity index (χ0) is 12.2. The minimum absolute atomic E-state index is 0.201. The van der Waals surface area contributed by atoms with Crippen LogP contribution in [0.1, 0.15) is 0 Å². The van der Waals surface area contributed by atoms with Crippen molar-refractivity contribution in [1.29, 1.82) is 0 Å². The van der Waals surface area contributed by atoms with Gasteiger partial charge in [-0.25, -0.2) is 17.7 Å². The standard InChI is InChI=1S/C10H4F3N3O/c11-5-3-4-9(8(13)7(5)12)16-6(1-2-14-16)15-10(4)17/h1-3H,(H,15,17). The topological polar surface area (TPSA) is 50.2 Å². The molecule has 2 aromatic heterocycles. The van der Waals surface area contributed by atoms with E-state index in [-0.39, 0.29) is 16.6 Å². The second kappa shape index (κ2) is 3.09. The van der Waals surface area contributed by atoms with Crippen LogP contribution < -0.4 is 5.56 Å². The number of aromatic nitrogens is 3. The Morgan fingerprint density at radius 3 is 2.76 bits per heavy atom. The molecule has 0 radical (unpaired) electrons. The minimum atomic E-state index is -1.63. The van der Waals surface area contributed by atoms with Crippen molar-refractivity contribution in [3.05, 3.63) is 46.1 Å². The summed E-state index contributed by atoms with van der Waals surface area (Å²) in [4.78, 5) is 13.9. The molecule has 0 bridgehead atoms. The lowest BCUT2D eigenvalue weighted by molar-refractivity contribution is 0.451. The molecular formula is C10H4F3N3O. The van der Waals surface area contributed by atoms with Gasteiger partial charge in [-0.2, -0.15) is 5.10 Å². The van der Waals surface area contributed by atoms with E-state index >= 15 is 0 Å². The van der Waals surface area contributed by atoms with Crippen LogP contribution in [-0.4, -0.2) is 14.6 Å². The highest BCUT2D eigenvalue weighted by atomic mass is 19.2. The van der Waals surface area contributed by atoms with E-state index in [2.05, 4.69) is 10.1 Å². The van der Waals surface area contributed by atoms with E-state index in [9.17, 15) is 18.0 Å². The number of hydrogen-bond acceptors (Lipinski definition) is 2. The summed E-state index contributed by atoms with van der Waals surface area (Å²) in [5.41, 5.74) is -0.883. The van der Waals surface area contributed by atoms with Crippen LogP contribution in [0.25, 0.3) is 16.6 Å². The predicted molar refractivity (Wildman–Crippen MR) is 53.2 cm³/mol. The van der Waals surface area contributed by atoms with Crippen molar-refractivity contribution in [1.82, 2.24) is 14.6 Å². The lowest BCUT2D eigenvalue weighted by atomic mass is 10.2. The Kier molecular flexibility index (Phi) is 1.80. The van der Waals surface area contributed by atoms with E-state index in [1.165, 1.54) is 12.3 Å². The molecule has 1 N–H and O–H groups in total. The lowest BCUT2D eigenvalue weighted by Crippen LogP contribution is -2.12. The second-order valence-electron chi connectivity index (χ2n) is 3.46. The average Bonchev–Trinajstić information content (AvgIpc) is 2.74. The van der Waals surface area contributed by atoms with E-state index in [1.54, 1.807) is 0 Å². The average molecular weight is 239 g/mol. The zero-order valence-electron chi connectivity index (χ0n) is 8.17. The van der Waals surface area contributed by atoms with Crippen molar-refractivity contribution in [2.45, 2.75) is 0 Å². The first-order valence-corrected chi connectivity index (χ1v) is 4.63. The predicted octanol–water partition coefficient (Wildman–Crippen LogP) is 1.59. The van der Waals surface area contributed by atoms with E-state index in [4.69, 9.17) is 0 Å². The molecule has 0 aliphatic carbocycles. The van der Waals surface area contributed by atoms with Gasteiger partial charge in [0.15, 0.2) is 17.5 Å². The number of halogens is 3. The van der Waals surface area contributed by atoms with Gasteiger partial charge in [0.2, 0.25) is 0 Å². The highest BCUT2D eigenvalue weighted by molar-refractivity contribution is 5.80. The molecule has 0 saturated carbocycles. The Hall–Kier alpha value is -2.31. The van der Waals surface area contributed by atoms with E-state index in [1.807, 2.05) is 0 Å². The van der Waals surface area contributed by atoms with Crippen LogP contribution in [0, 0.1) is 17.5 Å². The largest absolute Gasteiger partial charge is 0.306 e. The smallest absolute Gasteiger partial charge is 0.259 e. The summed E-state index contributed by atoms with van der Waals surface area (Å²) < 4.78 is 40.8. The van der Waals surface area contributed by atoms with Crippen LogP contribution in [0.4, 0.5) is 13.2 Å². The van der Waals surface area contributed by atoms with Crippen LogP contribution in [0.15, 0.2) is 23.1 Å². The summed E-state index contributed by atoms with van der Waals surface area (Å²) in [6.07, 6.45) is 1.31. The van der Waals surface area contributed by atoms with Gasteiger partial charge in [-0.3, -0.25) is 4.79 Å². The highest BCUT2D eigenvalue weighted by Gasteiger charge is 2.18. The number of nitrogens with one attached hydrogen (secondary N) is 1. The van der Waals surface area contributed by atoms with Crippen LogP contribution in [0.2, 0.25) is 0 Å². The molecule has 0 aliphatic rings. The zero-order valence-corrected chi connectivity index (χ0v) is 8.17. The van der Waals surface area contributed by atoms with Crippen molar-refractivity contribution in [2.24, 2.45) is 0 Å². The van der Waals surface area contributed by atoms with Crippen LogP contribution >= 0.6 is 0 Å². The van der Waals surface area contributed by atoms with Crippen molar-refractivity contribution < 1.29 is 13.2 Å². The van der Waals surface area contributed by atoms with Gasteiger partial charge in [-0.15, -0.1) is 0 Å². The third-order valence-corrected chi connectivity index (χ3v) is 2.48. The van der Waals surface area contributed by atoms with E-state index < -0.39 is 23.0 Å². The summed E-state index contributed by atoms with van der Waals surface area (Å²) >= 11 is 0. The number of aromatic amines is 1. The Morgan fingerprint density at radius 2 is 2.00 bits per heavy atom. The van der Waals surface area contributed by atoms with Gasteiger partial charge in [0, 0.05) is 6.07 Å². The Labute approximate surface area is 91.3 Å². The maximum Gasteiger partial charge on any atom is 0.259 e. The molecule has 2 heterocycles. The van der Waals surface area contributed by atoms with E-state index in [0.29, 0.717) is 6.07 Å². The molecule has 0 aliphatic heterocycles. The molecule has 3 rings (SSSR count). The molecule has 0 amide bonds. The fraction of sp³-hybridized carbons (Fsp3) is 0. The summed E-state index contributed by atoms with van der Waals surface area (Å²) in [7, 11) is 0. The lowest BCUT2D eigenvalue weighted by Gasteiger charge is -2.03. The summed E-state index contributed by atoms with van der Waals surface area (Å²) in [5, 5.41) is 3.44. The Bertz CT molecular complexity index is 806. The molecule has 0 unspecified atom stereocenters. The molecule has 7 heteroatoms. The Balaban J connectivity index is 2.73. The second-order valence-corrected chi connectivity index (χ2v) is 3.46. The maximum atomic E-state index is 13.6. The van der Waals surface area contributed by atoms with Crippen LogP contribution in [0.3, 0.4) is 0 Å². The summed E-state index contributed by atoms with van der Waals surface area (Å²) in [5.74, 6) is -4.47. The Morgan fingerprint density at radius 1 is 1.24 bits per heavy atom. The molecular weight excluding hydrogens is 235 g/mol. The molecule has 4 nitrogen and oxygen atoms in total. The molecule has 0 saturated heterocycles. The normalized spacial score (nSPS) is 11.5. The first kappa shape index (κ1) is 9.88. The highest BCUT2D eigenvalue weighted by Crippen LogP contribution is 2.20. The SMILES string of the molecule is O=c1[nH]c2ccnn2c2c(F)c(F)c(F)cc12. The van der Waals surface area contributed by atoms with Gasteiger partial charge >= 0.3 is 0 Å². The molecule has 17 heavy (non-hydrogen) atoms. The van der Waals surface area contributed by atoms with Crippen molar-refractivity contribution >= 4 is 16.6 Å². The minimum Gasteiger partial charge on any atom is -0.306 e. The fourth-order valence-electron chi connectivity index (χ4n) is 1.73. The van der Waals surface area contributed by atoms with Gasteiger partial charge in [-0.05, 0) is 6.07 Å². The van der Waals surface area contributed by atoms with E-state index in [0.717, 1.165) is 4.52 Å².